The average Bonchev–Trinajstić information content (AvgIpc) is 3.26. The number of aromatic nitrogens is 5. The van der Waals surface area contributed by atoms with Crippen LogP contribution in [-0.4, -0.2) is 31.8 Å². The fourth-order valence-electron chi connectivity index (χ4n) is 3.00. The van der Waals surface area contributed by atoms with Crippen molar-refractivity contribution >= 4 is 16.9 Å². The third-order valence-electron chi connectivity index (χ3n) is 4.19. The van der Waals surface area contributed by atoms with Gasteiger partial charge in [0, 0.05) is 24.5 Å². The molecule has 8 heteroatoms. The summed E-state index contributed by atoms with van der Waals surface area (Å²) in [4.78, 5) is 13.6. The van der Waals surface area contributed by atoms with Crippen molar-refractivity contribution in [1.82, 2.24) is 24.7 Å². The number of nitrogens with one attached hydrogen (secondary N) is 1. The van der Waals surface area contributed by atoms with Gasteiger partial charge in [0.1, 0.15) is 28.5 Å². The molecule has 0 aliphatic carbocycles. The van der Waals surface area contributed by atoms with Crippen molar-refractivity contribution in [3.8, 4) is 5.75 Å². The molecule has 0 spiro atoms. The third kappa shape index (κ3) is 3.59. The van der Waals surface area contributed by atoms with Crippen LogP contribution in [0.4, 0.5) is 5.82 Å². The molecule has 1 N–H and O–H groups in total. The van der Waals surface area contributed by atoms with Crippen LogP contribution in [0.25, 0.3) is 11.0 Å². The highest BCUT2D eigenvalue weighted by Crippen LogP contribution is 2.24. The Bertz CT molecular complexity index is 1080. The molecule has 0 atom stereocenters. The van der Waals surface area contributed by atoms with Crippen molar-refractivity contribution in [2.45, 2.75) is 26.9 Å². The maximum atomic E-state index is 5.29. The predicted molar refractivity (Wildman–Crippen MR) is 101 cm³/mol. The second-order valence-electron chi connectivity index (χ2n) is 6.27. The Labute approximate surface area is 156 Å². The van der Waals surface area contributed by atoms with Gasteiger partial charge >= 0.3 is 0 Å². The second kappa shape index (κ2) is 7.06. The monoisotopic (exact) mass is 364 g/mol. The number of hydrogen-bond donors (Lipinski definition) is 1. The van der Waals surface area contributed by atoms with Gasteiger partial charge in [-0.3, -0.25) is 4.98 Å². The number of fused-ring (bicyclic) bond motifs is 1. The van der Waals surface area contributed by atoms with E-state index in [1.54, 1.807) is 13.3 Å². The highest BCUT2D eigenvalue weighted by molar-refractivity contribution is 5.86. The summed E-state index contributed by atoms with van der Waals surface area (Å²) in [6.07, 6.45) is 3.73. The fourth-order valence-corrected chi connectivity index (χ4v) is 3.00. The van der Waals surface area contributed by atoms with Crippen LogP contribution >= 0.6 is 0 Å². The number of anilines is 1. The van der Waals surface area contributed by atoms with E-state index >= 15 is 0 Å². The molecule has 4 aromatic heterocycles. The van der Waals surface area contributed by atoms with Crippen LogP contribution in [0.3, 0.4) is 0 Å². The first kappa shape index (κ1) is 17.0. The highest BCUT2D eigenvalue weighted by Gasteiger charge is 2.13. The van der Waals surface area contributed by atoms with Crippen LogP contribution in [0.2, 0.25) is 0 Å². The molecule has 0 aromatic carbocycles. The minimum Gasteiger partial charge on any atom is -0.497 e. The summed E-state index contributed by atoms with van der Waals surface area (Å²) in [5.41, 5.74) is 3.52. The SMILES string of the molecule is COc1ccnc(Cn2ccc3nc(C)nc(NCc4cc(C)on4)c32)c1. The number of aryl methyl sites for hydroxylation is 2. The van der Waals surface area contributed by atoms with Crippen LogP contribution in [0, 0.1) is 13.8 Å². The molecule has 27 heavy (non-hydrogen) atoms. The van der Waals surface area contributed by atoms with E-state index in [9.17, 15) is 0 Å². The lowest BCUT2D eigenvalue weighted by Gasteiger charge is -2.11. The van der Waals surface area contributed by atoms with Gasteiger partial charge in [0.25, 0.3) is 0 Å². The third-order valence-corrected chi connectivity index (χ3v) is 4.19. The molecule has 0 aliphatic heterocycles. The number of nitrogens with zero attached hydrogens (tertiary/aromatic N) is 5. The molecule has 0 saturated carbocycles. The van der Waals surface area contributed by atoms with Crippen molar-refractivity contribution in [3.05, 3.63) is 59.6 Å². The molecule has 0 bridgehead atoms. The maximum absolute atomic E-state index is 5.29. The van der Waals surface area contributed by atoms with E-state index in [1.165, 1.54) is 0 Å². The number of hydrogen-bond acceptors (Lipinski definition) is 7. The lowest BCUT2D eigenvalue weighted by atomic mass is 10.3. The van der Waals surface area contributed by atoms with Gasteiger partial charge in [0.2, 0.25) is 0 Å². The van der Waals surface area contributed by atoms with Gasteiger partial charge < -0.3 is 19.1 Å². The first-order valence-corrected chi connectivity index (χ1v) is 8.61. The zero-order chi connectivity index (χ0) is 18.8. The maximum Gasteiger partial charge on any atom is 0.154 e. The van der Waals surface area contributed by atoms with Crippen molar-refractivity contribution in [1.29, 1.82) is 0 Å². The first-order chi connectivity index (χ1) is 13.1. The fraction of sp³-hybridized carbons (Fsp3) is 0.263. The van der Waals surface area contributed by atoms with E-state index in [1.807, 2.05) is 44.3 Å². The Morgan fingerprint density at radius 1 is 1.15 bits per heavy atom. The summed E-state index contributed by atoms with van der Waals surface area (Å²) in [6.45, 7) is 4.86. The van der Waals surface area contributed by atoms with E-state index in [-0.39, 0.29) is 0 Å². The number of pyridine rings is 1. The molecule has 8 nitrogen and oxygen atoms in total. The molecule has 138 valence electrons. The number of rotatable bonds is 6. The van der Waals surface area contributed by atoms with Gasteiger partial charge in [0.15, 0.2) is 5.82 Å². The topological polar surface area (TPSA) is 90.9 Å². The van der Waals surface area contributed by atoms with Gasteiger partial charge in [-0.25, -0.2) is 9.97 Å². The zero-order valence-corrected chi connectivity index (χ0v) is 15.4. The van der Waals surface area contributed by atoms with Crippen LogP contribution in [0.15, 0.2) is 41.2 Å². The Kier molecular flexibility index (Phi) is 4.45. The minimum absolute atomic E-state index is 0.519. The molecule has 0 aliphatic rings. The van der Waals surface area contributed by atoms with Crippen molar-refractivity contribution in [2.75, 3.05) is 12.4 Å². The van der Waals surface area contributed by atoms with Crippen molar-refractivity contribution in [3.63, 3.8) is 0 Å². The number of methoxy groups -OCH3 is 1. The van der Waals surface area contributed by atoms with E-state index in [4.69, 9.17) is 9.26 Å². The Balaban J connectivity index is 1.67. The molecular weight excluding hydrogens is 344 g/mol. The van der Waals surface area contributed by atoms with Crippen molar-refractivity contribution < 1.29 is 9.26 Å². The number of ether oxygens (including phenoxy) is 1. The van der Waals surface area contributed by atoms with E-state index in [2.05, 4.69) is 30.0 Å². The van der Waals surface area contributed by atoms with Crippen LogP contribution < -0.4 is 10.1 Å². The summed E-state index contributed by atoms with van der Waals surface area (Å²) in [6, 6.07) is 7.63. The Morgan fingerprint density at radius 2 is 2.04 bits per heavy atom. The van der Waals surface area contributed by atoms with E-state index in [0.717, 1.165) is 39.7 Å². The minimum atomic E-state index is 0.519. The molecule has 0 amide bonds. The van der Waals surface area contributed by atoms with Gasteiger partial charge in [-0.05, 0) is 26.0 Å². The summed E-state index contributed by atoms with van der Waals surface area (Å²) < 4.78 is 12.5. The predicted octanol–water partition coefficient (Wildman–Crippen LogP) is 3.10. The van der Waals surface area contributed by atoms with E-state index < -0.39 is 0 Å². The van der Waals surface area contributed by atoms with Crippen LogP contribution in [0.1, 0.15) is 23.0 Å². The molecular formula is C19H20N6O2. The summed E-state index contributed by atoms with van der Waals surface area (Å²) >= 11 is 0. The molecule has 0 saturated heterocycles. The highest BCUT2D eigenvalue weighted by atomic mass is 16.5. The molecule has 4 aromatic rings. The van der Waals surface area contributed by atoms with Gasteiger partial charge in [0.05, 0.1) is 31.4 Å². The quantitative estimate of drug-likeness (QED) is 0.562. The molecule has 0 fully saturated rings. The van der Waals surface area contributed by atoms with Crippen LogP contribution in [0.5, 0.6) is 5.75 Å². The van der Waals surface area contributed by atoms with Gasteiger partial charge in [-0.2, -0.15) is 0 Å². The first-order valence-electron chi connectivity index (χ1n) is 8.61. The Hall–Kier alpha value is -3.42. The van der Waals surface area contributed by atoms with Gasteiger partial charge in [-0.1, -0.05) is 5.16 Å². The second-order valence-corrected chi connectivity index (χ2v) is 6.27. The lowest BCUT2D eigenvalue weighted by molar-refractivity contribution is 0.391. The standard InChI is InChI=1S/C19H20N6O2/c1-12-8-14(24-27-12)10-21-19-18-17(22-13(2)23-19)5-7-25(18)11-15-9-16(26-3)4-6-20-15/h4-9H,10-11H2,1-3H3,(H,21,22,23). The summed E-state index contributed by atoms with van der Waals surface area (Å²) in [5, 5.41) is 7.37. The molecule has 0 unspecified atom stereocenters. The average molecular weight is 364 g/mol. The zero-order valence-electron chi connectivity index (χ0n) is 15.4. The lowest BCUT2D eigenvalue weighted by Crippen LogP contribution is -2.08. The smallest absolute Gasteiger partial charge is 0.154 e. The molecule has 0 radical (unpaired) electrons. The van der Waals surface area contributed by atoms with Crippen LogP contribution in [-0.2, 0) is 13.1 Å². The summed E-state index contributed by atoms with van der Waals surface area (Å²) in [5.74, 6) is 3.02. The van der Waals surface area contributed by atoms with Crippen molar-refractivity contribution in [2.24, 2.45) is 0 Å². The molecule has 4 heterocycles. The van der Waals surface area contributed by atoms with Gasteiger partial charge in [-0.15, -0.1) is 0 Å². The Morgan fingerprint density at radius 3 is 2.81 bits per heavy atom. The van der Waals surface area contributed by atoms with E-state index in [0.29, 0.717) is 18.9 Å². The normalized spacial score (nSPS) is 11.1. The summed E-state index contributed by atoms with van der Waals surface area (Å²) in [7, 11) is 1.65. The largest absolute Gasteiger partial charge is 0.497 e. The molecule has 4 rings (SSSR count).